The number of methoxy groups -OCH3 is 1. The molecule has 1 aromatic heterocycles. The number of hydrogen-bond acceptors (Lipinski definition) is 3. The third kappa shape index (κ3) is 5.38. The summed E-state index contributed by atoms with van der Waals surface area (Å²) in [7, 11) is 3.73. The molecule has 0 fully saturated rings. The van der Waals surface area contributed by atoms with Crippen LogP contribution < -0.4 is 5.32 Å². The van der Waals surface area contributed by atoms with Gasteiger partial charge in [0.1, 0.15) is 5.82 Å². The summed E-state index contributed by atoms with van der Waals surface area (Å²) >= 11 is 0. The lowest BCUT2D eigenvalue weighted by molar-refractivity contribution is 0.197. The van der Waals surface area contributed by atoms with Crippen LogP contribution in [0.25, 0.3) is 11.3 Å². The maximum Gasteiger partial charge on any atom is 0.194 e. The molecule has 2 N–H and O–H groups in total. The van der Waals surface area contributed by atoms with Gasteiger partial charge in [-0.15, -0.1) is 0 Å². The fourth-order valence-corrected chi connectivity index (χ4v) is 2.37. The van der Waals surface area contributed by atoms with Crippen molar-refractivity contribution < 1.29 is 4.74 Å². The molecule has 0 aliphatic heterocycles. The van der Waals surface area contributed by atoms with Crippen LogP contribution in [0.3, 0.4) is 0 Å². The van der Waals surface area contributed by atoms with Gasteiger partial charge in [-0.2, -0.15) is 0 Å². The van der Waals surface area contributed by atoms with E-state index >= 15 is 0 Å². The lowest BCUT2D eigenvalue weighted by atomic mass is 10.2. The molecule has 0 saturated carbocycles. The normalized spacial score (nSPS) is 11.5. The highest BCUT2D eigenvalue weighted by Gasteiger charge is 2.09. The quantitative estimate of drug-likeness (QED) is 0.444. The first-order valence-corrected chi connectivity index (χ1v) is 8.32. The van der Waals surface area contributed by atoms with Gasteiger partial charge in [0.15, 0.2) is 5.96 Å². The Kier molecular flexibility index (Phi) is 7.29. The number of ether oxygens (including phenoxy) is 1. The van der Waals surface area contributed by atoms with Crippen LogP contribution in [0.15, 0.2) is 41.5 Å². The Hall–Kier alpha value is -2.34. The third-order valence-corrected chi connectivity index (χ3v) is 3.56. The van der Waals surface area contributed by atoms with Crippen LogP contribution in [0, 0.1) is 0 Å². The number of hydrogen-bond donors (Lipinski definition) is 2. The molecule has 6 nitrogen and oxygen atoms in total. The van der Waals surface area contributed by atoms with Crippen LogP contribution in [0.2, 0.25) is 0 Å². The van der Waals surface area contributed by atoms with Crippen molar-refractivity contribution in [1.82, 2.24) is 20.2 Å². The van der Waals surface area contributed by atoms with Gasteiger partial charge in [-0.3, -0.25) is 4.99 Å². The highest BCUT2D eigenvalue weighted by molar-refractivity contribution is 5.79. The molecule has 0 amide bonds. The number of H-pyrrole nitrogens is 1. The fourth-order valence-electron chi connectivity index (χ4n) is 2.37. The number of aromatic amines is 1. The zero-order valence-corrected chi connectivity index (χ0v) is 14.7. The molecular weight excluding hydrogens is 302 g/mol. The molecule has 24 heavy (non-hydrogen) atoms. The van der Waals surface area contributed by atoms with Crippen molar-refractivity contribution >= 4 is 5.96 Å². The van der Waals surface area contributed by atoms with Gasteiger partial charge in [0.05, 0.1) is 18.4 Å². The Morgan fingerprint density at radius 3 is 2.83 bits per heavy atom. The van der Waals surface area contributed by atoms with Crippen LogP contribution in [0.1, 0.15) is 19.2 Å². The first kappa shape index (κ1) is 18.0. The summed E-state index contributed by atoms with van der Waals surface area (Å²) in [5, 5.41) is 3.31. The number of aliphatic imine (C=N–C) groups is 1. The van der Waals surface area contributed by atoms with Crippen molar-refractivity contribution in [2.24, 2.45) is 4.99 Å². The Morgan fingerprint density at radius 2 is 2.12 bits per heavy atom. The molecule has 0 bridgehead atoms. The molecule has 130 valence electrons. The molecule has 0 saturated heterocycles. The maximum atomic E-state index is 5.07. The van der Waals surface area contributed by atoms with Crippen molar-refractivity contribution in [2.45, 2.75) is 19.9 Å². The summed E-state index contributed by atoms with van der Waals surface area (Å²) in [6.45, 7) is 5.04. The average molecular weight is 329 g/mol. The molecule has 0 unspecified atom stereocenters. The van der Waals surface area contributed by atoms with E-state index in [1.807, 2.05) is 31.4 Å². The molecule has 0 atom stereocenters. The van der Waals surface area contributed by atoms with E-state index in [1.54, 1.807) is 7.11 Å². The van der Waals surface area contributed by atoms with Crippen LogP contribution in [0.5, 0.6) is 0 Å². The van der Waals surface area contributed by atoms with Crippen molar-refractivity contribution in [3.63, 3.8) is 0 Å². The van der Waals surface area contributed by atoms with Crippen molar-refractivity contribution in [3.05, 3.63) is 42.4 Å². The lowest BCUT2D eigenvalue weighted by Gasteiger charge is -2.21. The number of rotatable bonds is 8. The number of imidazole rings is 1. The topological polar surface area (TPSA) is 65.5 Å². The predicted octanol–water partition coefficient (Wildman–Crippen LogP) is 2.51. The van der Waals surface area contributed by atoms with Gasteiger partial charge in [0, 0.05) is 33.9 Å². The highest BCUT2D eigenvalue weighted by Crippen LogP contribution is 2.16. The summed E-state index contributed by atoms with van der Waals surface area (Å²) < 4.78 is 5.07. The summed E-state index contributed by atoms with van der Waals surface area (Å²) in [6, 6.07) is 10.2. The monoisotopic (exact) mass is 329 g/mol. The van der Waals surface area contributed by atoms with E-state index < -0.39 is 0 Å². The van der Waals surface area contributed by atoms with E-state index in [0.29, 0.717) is 6.54 Å². The molecule has 0 spiro atoms. The van der Waals surface area contributed by atoms with E-state index in [0.717, 1.165) is 49.2 Å². The van der Waals surface area contributed by atoms with Gasteiger partial charge >= 0.3 is 0 Å². The first-order valence-electron chi connectivity index (χ1n) is 8.32. The zero-order chi connectivity index (χ0) is 17.2. The molecule has 0 aliphatic carbocycles. The summed E-state index contributed by atoms with van der Waals surface area (Å²) in [4.78, 5) is 14.6. The molecule has 6 heteroatoms. The van der Waals surface area contributed by atoms with Crippen LogP contribution in [-0.2, 0) is 11.3 Å². The number of guanidine groups is 1. The summed E-state index contributed by atoms with van der Waals surface area (Å²) in [5.74, 6) is 1.80. The number of nitrogens with one attached hydrogen (secondary N) is 2. The van der Waals surface area contributed by atoms with Gasteiger partial charge in [0.2, 0.25) is 0 Å². The van der Waals surface area contributed by atoms with Gasteiger partial charge in [0.25, 0.3) is 0 Å². The molecule has 1 heterocycles. The minimum Gasteiger partial charge on any atom is -0.385 e. The minimum absolute atomic E-state index is 0.670. The van der Waals surface area contributed by atoms with Crippen LogP contribution in [-0.4, -0.2) is 54.7 Å². The largest absolute Gasteiger partial charge is 0.385 e. The Labute approximate surface area is 144 Å². The SMILES string of the molecule is CCNC(=NCCCOC)N(C)Cc1ncc(-c2ccccc2)[nH]1. The second-order valence-electron chi connectivity index (χ2n) is 5.55. The molecule has 2 rings (SSSR count). The number of aromatic nitrogens is 2. The average Bonchev–Trinajstić information content (AvgIpc) is 3.07. The van der Waals surface area contributed by atoms with Crippen molar-refractivity contribution in [2.75, 3.05) is 33.9 Å². The third-order valence-electron chi connectivity index (χ3n) is 3.56. The molecule has 2 aromatic rings. The summed E-state index contributed by atoms with van der Waals surface area (Å²) in [5.41, 5.74) is 2.17. The second-order valence-corrected chi connectivity index (χ2v) is 5.55. The maximum absolute atomic E-state index is 5.07. The Balaban J connectivity index is 1.98. The molecule has 0 radical (unpaired) electrons. The highest BCUT2D eigenvalue weighted by atomic mass is 16.5. The van der Waals surface area contributed by atoms with E-state index in [1.165, 1.54) is 0 Å². The lowest BCUT2D eigenvalue weighted by Crippen LogP contribution is -2.38. The van der Waals surface area contributed by atoms with Crippen molar-refractivity contribution in [1.29, 1.82) is 0 Å². The smallest absolute Gasteiger partial charge is 0.194 e. The second kappa shape index (κ2) is 9.72. The number of benzene rings is 1. The predicted molar refractivity (Wildman–Crippen MR) is 98.0 cm³/mol. The van der Waals surface area contributed by atoms with E-state index in [2.05, 4.69) is 44.2 Å². The Bertz CT molecular complexity index is 623. The zero-order valence-electron chi connectivity index (χ0n) is 14.7. The fraction of sp³-hybridized carbons (Fsp3) is 0.444. The number of nitrogens with zero attached hydrogens (tertiary/aromatic N) is 3. The van der Waals surface area contributed by atoms with Gasteiger partial charge in [-0.05, 0) is 18.9 Å². The van der Waals surface area contributed by atoms with E-state index in [4.69, 9.17) is 4.74 Å². The van der Waals surface area contributed by atoms with Gasteiger partial charge in [-0.25, -0.2) is 4.98 Å². The first-order chi connectivity index (χ1) is 11.7. The Morgan fingerprint density at radius 1 is 1.33 bits per heavy atom. The van der Waals surface area contributed by atoms with Crippen LogP contribution in [0.4, 0.5) is 0 Å². The molecule has 0 aliphatic rings. The standard InChI is InChI=1S/C18H27N5O/c1-4-19-18(20-11-8-12-24-3)23(2)14-17-21-13-16(22-17)15-9-6-5-7-10-15/h5-7,9-10,13H,4,8,11-12,14H2,1-3H3,(H,19,20)(H,21,22). The van der Waals surface area contributed by atoms with Crippen LogP contribution >= 0.6 is 0 Å². The molecular formula is C18H27N5O. The van der Waals surface area contributed by atoms with Crippen molar-refractivity contribution in [3.8, 4) is 11.3 Å². The van der Waals surface area contributed by atoms with Gasteiger partial charge < -0.3 is 19.9 Å². The summed E-state index contributed by atoms with van der Waals surface area (Å²) in [6.07, 6.45) is 2.79. The van der Waals surface area contributed by atoms with Gasteiger partial charge in [-0.1, -0.05) is 30.3 Å². The van der Waals surface area contributed by atoms with E-state index in [-0.39, 0.29) is 0 Å². The minimum atomic E-state index is 0.670. The molecule has 1 aromatic carbocycles. The van der Waals surface area contributed by atoms with E-state index in [9.17, 15) is 0 Å².